The second-order valence-corrected chi connectivity index (χ2v) is 5.00. The number of hydrogen-bond donors (Lipinski definition) is 1. The third-order valence-corrected chi connectivity index (χ3v) is 3.40. The van der Waals surface area contributed by atoms with Crippen LogP contribution < -0.4 is 16.2 Å². The number of aromatic nitrogens is 1. The van der Waals surface area contributed by atoms with E-state index >= 15 is 0 Å². The van der Waals surface area contributed by atoms with Gasteiger partial charge in [-0.15, -0.1) is 0 Å². The Bertz CT molecular complexity index is 649. The van der Waals surface area contributed by atoms with Crippen molar-refractivity contribution in [3.63, 3.8) is 0 Å². The number of anilines is 1. The van der Waals surface area contributed by atoms with Gasteiger partial charge < -0.3 is 15.2 Å². The van der Waals surface area contributed by atoms with Crippen LogP contribution in [0.15, 0.2) is 53.5 Å². The lowest BCUT2D eigenvalue weighted by atomic mass is 10.2. The van der Waals surface area contributed by atoms with Crippen LogP contribution in [0.4, 0.5) is 5.69 Å². The van der Waals surface area contributed by atoms with Crippen LogP contribution in [0.3, 0.4) is 0 Å². The van der Waals surface area contributed by atoms with E-state index in [0.29, 0.717) is 11.5 Å². The summed E-state index contributed by atoms with van der Waals surface area (Å²) in [6.45, 7) is 1.39. The SMILES string of the molecule is CN(CCn1ccccc1=O)c1ccc(C(N)=S)cc1. The fraction of sp³-hybridized carbons (Fsp3) is 0.200. The predicted molar refractivity (Wildman–Crippen MR) is 86.3 cm³/mol. The highest BCUT2D eigenvalue weighted by Gasteiger charge is 2.03. The maximum Gasteiger partial charge on any atom is 0.250 e. The third kappa shape index (κ3) is 3.45. The number of thiocarbonyl (C=S) groups is 1. The summed E-state index contributed by atoms with van der Waals surface area (Å²) in [5.74, 6) is 0. The molecule has 0 unspecified atom stereocenters. The zero-order valence-electron chi connectivity index (χ0n) is 11.3. The molecule has 0 saturated heterocycles. The Balaban J connectivity index is 2.01. The molecule has 0 atom stereocenters. The molecule has 5 heteroatoms. The van der Waals surface area contributed by atoms with Crippen molar-refractivity contribution >= 4 is 22.9 Å². The van der Waals surface area contributed by atoms with E-state index in [4.69, 9.17) is 18.0 Å². The molecule has 0 bridgehead atoms. The summed E-state index contributed by atoms with van der Waals surface area (Å²) in [6, 6.07) is 12.9. The number of benzene rings is 1. The molecule has 4 nitrogen and oxygen atoms in total. The largest absolute Gasteiger partial charge is 0.389 e. The van der Waals surface area contributed by atoms with E-state index in [1.54, 1.807) is 22.9 Å². The number of rotatable bonds is 5. The van der Waals surface area contributed by atoms with Crippen molar-refractivity contribution in [2.45, 2.75) is 6.54 Å². The maximum atomic E-state index is 11.6. The molecule has 0 fully saturated rings. The Kier molecular flexibility index (Phi) is 4.53. The van der Waals surface area contributed by atoms with E-state index in [-0.39, 0.29) is 5.56 Å². The minimum Gasteiger partial charge on any atom is -0.389 e. The van der Waals surface area contributed by atoms with Gasteiger partial charge in [0.15, 0.2) is 0 Å². The van der Waals surface area contributed by atoms with Crippen molar-refractivity contribution < 1.29 is 0 Å². The quantitative estimate of drug-likeness (QED) is 0.849. The van der Waals surface area contributed by atoms with Crippen molar-refractivity contribution in [1.29, 1.82) is 0 Å². The van der Waals surface area contributed by atoms with E-state index in [1.807, 2.05) is 37.4 Å². The van der Waals surface area contributed by atoms with E-state index in [0.717, 1.165) is 17.8 Å². The Morgan fingerprint density at radius 1 is 1.25 bits per heavy atom. The molecule has 104 valence electrons. The Morgan fingerprint density at radius 2 is 1.95 bits per heavy atom. The molecule has 20 heavy (non-hydrogen) atoms. The normalized spacial score (nSPS) is 10.2. The van der Waals surface area contributed by atoms with Crippen LogP contribution in [0, 0.1) is 0 Å². The van der Waals surface area contributed by atoms with Gasteiger partial charge in [-0.05, 0) is 30.3 Å². The van der Waals surface area contributed by atoms with E-state index in [1.165, 1.54) is 0 Å². The molecule has 0 aliphatic rings. The first-order valence-corrected chi connectivity index (χ1v) is 6.75. The van der Waals surface area contributed by atoms with Crippen LogP contribution in [0.5, 0.6) is 0 Å². The summed E-state index contributed by atoms with van der Waals surface area (Å²) in [6.07, 6.45) is 1.80. The Hall–Kier alpha value is -2.14. The number of nitrogens with two attached hydrogens (primary N) is 1. The van der Waals surface area contributed by atoms with Crippen LogP contribution >= 0.6 is 12.2 Å². The maximum absolute atomic E-state index is 11.6. The van der Waals surface area contributed by atoms with Crippen molar-refractivity contribution in [1.82, 2.24) is 4.57 Å². The van der Waals surface area contributed by atoms with Gasteiger partial charge in [-0.2, -0.15) is 0 Å². The fourth-order valence-electron chi connectivity index (χ4n) is 1.91. The van der Waals surface area contributed by atoms with Gasteiger partial charge in [-0.3, -0.25) is 4.79 Å². The van der Waals surface area contributed by atoms with Crippen molar-refractivity contribution in [3.05, 3.63) is 64.6 Å². The summed E-state index contributed by atoms with van der Waals surface area (Å²) in [5.41, 5.74) is 7.51. The van der Waals surface area contributed by atoms with Gasteiger partial charge in [0.1, 0.15) is 4.99 Å². The average molecular weight is 287 g/mol. The lowest BCUT2D eigenvalue weighted by Gasteiger charge is -2.20. The Morgan fingerprint density at radius 3 is 2.55 bits per heavy atom. The first kappa shape index (κ1) is 14.3. The minimum absolute atomic E-state index is 0.0183. The first-order chi connectivity index (χ1) is 9.58. The van der Waals surface area contributed by atoms with Crippen LogP contribution in [-0.2, 0) is 6.54 Å². The van der Waals surface area contributed by atoms with Crippen LogP contribution in [-0.4, -0.2) is 23.1 Å². The van der Waals surface area contributed by atoms with E-state index in [2.05, 4.69) is 4.90 Å². The number of hydrogen-bond acceptors (Lipinski definition) is 3. The lowest BCUT2D eigenvalue weighted by Crippen LogP contribution is -2.27. The van der Waals surface area contributed by atoms with Gasteiger partial charge >= 0.3 is 0 Å². The van der Waals surface area contributed by atoms with Gasteiger partial charge in [0.2, 0.25) is 0 Å². The molecular weight excluding hydrogens is 270 g/mol. The molecule has 2 aromatic rings. The smallest absolute Gasteiger partial charge is 0.250 e. The number of likely N-dealkylation sites (N-methyl/N-ethyl adjacent to an activating group) is 1. The van der Waals surface area contributed by atoms with Crippen molar-refractivity contribution in [3.8, 4) is 0 Å². The van der Waals surface area contributed by atoms with Gasteiger partial charge in [0, 0.05) is 43.7 Å². The van der Waals surface area contributed by atoms with Gasteiger partial charge in [0.05, 0.1) is 0 Å². The standard InChI is InChI=1S/C15H17N3OS/c1-17(10-11-18-9-3-2-4-14(18)19)13-7-5-12(6-8-13)15(16)20/h2-9H,10-11H2,1H3,(H2,16,20). The van der Waals surface area contributed by atoms with Crippen molar-refractivity contribution in [2.24, 2.45) is 5.73 Å². The molecule has 0 aliphatic carbocycles. The topological polar surface area (TPSA) is 51.3 Å². The van der Waals surface area contributed by atoms with Crippen LogP contribution in [0.1, 0.15) is 5.56 Å². The number of nitrogens with zero attached hydrogens (tertiary/aromatic N) is 2. The second kappa shape index (κ2) is 6.34. The molecular formula is C15H17N3OS. The molecule has 0 saturated carbocycles. The summed E-state index contributed by atoms with van der Waals surface area (Å²) in [7, 11) is 1.99. The van der Waals surface area contributed by atoms with Crippen molar-refractivity contribution in [2.75, 3.05) is 18.5 Å². The fourth-order valence-corrected chi connectivity index (χ4v) is 2.05. The van der Waals surface area contributed by atoms with Crippen LogP contribution in [0.25, 0.3) is 0 Å². The third-order valence-electron chi connectivity index (χ3n) is 3.17. The second-order valence-electron chi connectivity index (χ2n) is 4.56. The minimum atomic E-state index is 0.0183. The monoisotopic (exact) mass is 287 g/mol. The molecule has 2 rings (SSSR count). The predicted octanol–water partition coefficient (Wildman–Crippen LogP) is 1.62. The summed E-state index contributed by atoms with van der Waals surface area (Å²) in [5, 5.41) is 0. The molecule has 0 aliphatic heterocycles. The van der Waals surface area contributed by atoms with E-state index in [9.17, 15) is 4.79 Å². The molecule has 2 N–H and O–H groups in total. The molecule has 0 spiro atoms. The van der Waals surface area contributed by atoms with E-state index < -0.39 is 0 Å². The molecule has 1 aromatic carbocycles. The first-order valence-electron chi connectivity index (χ1n) is 6.34. The summed E-state index contributed by atoms with van der Waals surface area (Å²) < 4.78 is 1.69. The average Bonchev–Trinajstić information content (AvgIpc) is 2.46. The summed E-state index contributed by atoms with van der Waals surface area (Å²) >= 11 is 4.93. The van der Waals surface area contributed by atoms with Gasteiger partial charge in [0.25, 0.3) is 5.56 Å². The lowest BCUT2D eigenvalue weighted by molar-refractivity contribution is 0.661. The zero-order valence-corrected chi connectivity index (χ0v) is 12.1. The zero-order chi connectivity index (χ0) is 14.5. The highest BCUT2D eigenvalue weighted by atomic mass is 32.1. The highest BCUT2D eigenvalue weighted by molar-refractivity contribution is 7.80. The molecule has 0 radical (unpaired) electrons. The molecule has 0 amide bonds. The Labute approximate surface area is 123 Å². The molecule has 1 aromatic heterocycles. The summed E-state index contributed by atoms with van der Waals surface area (Å²) in [4.78, 5) is 14.1. The van der Waals surface area contributed by atoms with Gasteiger partial charge in [-0.25, -0.2) is 0 Å². The highest BCUT2D eigenvalue weighted by Crippen LogP contribution is 2.13. The molecule has 1 heterocycles. The van der Waals surface area contributed by atoms with Gasteiger partial charge in [-0.1, -0.05) is 18.3 Å². The number of pyridine rings is 1. The van der Waals surface area contributed by atoms with Crippen LogP contribution in [0.2, 0.25) is 0 Å².